The number of methoxy groups -OCH3 is 1. The van der Waals surface area contributed by atoms with E-state index in [0.29, 0.717) is 27.9 Å². The van der Waals surface area contributed by atoms with Crippen molar-refractivity contribution in [3.8, 4) is 11.5 Å². The molecule has 41 heavy (non-hydrogen) atoms. The van der Waals surface area contributed by atoms with Crippen LogP contribution in [0.4, 0.5) is 11.4 Å². The van der Waals surface area contributed by atoms with Gasteiger partial charge in [0.15, 0.2) is 6.61 Å². The lowest BCUT2D eigenvalue weighted by molar-refractivity contribution is -0.122. The second kappa shape index (κ2) is 11.2. The Bertz CT molecular complexity index is 1690. The Morgan fingerprint density at radius 1 is 0.951 bits per heavy atom. The lowest BCUT2D eigenvalue weighted by Gasteiger charge is -2.29. The van der Waals surface area contributed by atoms with Gasteiger partial charge in [0.25, 0.3) is 5.91 Å². The predicted octanol–water partition coefficient (Wildman–Crippen LogP) is 5.02. The summed E-state index contributed by atoms with van der Waals surface area (Å²) in [5, 5.41) is 2.70. The number of halogens is 1. The second-order valence-electron chi connectivity index (χ2n) is 9.37. The van der Waals surface area contributed by atoms with Gasteiger partial charge in [0.2, 0.25) is 11.8 Å². The molecule has 3 atom stereocenters. The Morgan fingerprint density at radius 3 is 2.32 bits per heavy atom. The van der Waals surface area contributed by atoms with E-state index in [1.165, 1.54) is 16.7 Å². The number of amides is 3. The van der Waals surface area contributed by atoms with Gasteiger partial charge in [0, 0.05) is 21.0 Å². The van der Waals surface area contributed by atoms with Crippen molar-refractivity contribution < 1.29 is 23.9 Å². The first-order valence-corrected chi connectivity index (χ1v) is 15.0. The summed E-state index contributed by atoms with van der Waals surface area (Å²) in [7, 11) is 1.57. The zero-order chi connectivity index (χ0) is 28.7. The fraction of sp³-hybridized carbons (Fsp3) is 0.172. The number of hydrogen-bond acceptors (Lipinski definition) is 8. The molecular weight excluding hydrogens is 630 g/mol. The van der Waals surface area contributed by atoms with Gasteiger partial charge in [-0.15, -0.1) is 0 Å². The molecule has 1 fully saturated rings. The first-order chi connectivity index (χ1) is 19.8. The molecule has 4 aromatic rings. The van der Waals surface area contributed by atoms with Crippen molar-refractivity contribution in [1.82, 2.24) is 4.98 Å². The molecular formula is C29H22BrN3O6S2. The molecule has 0 bridgehead atoms. The predicted molar refractivity (Wildman–Crippen MR) is 160 cm³/mol. The molecule has 6 rings (SSSR count). The Kier molecular flexibility index (Phi) is 7.45. The van der Waals surface area contributed by atoms with Gasteiger partial charge in [-0.2, -0.15) is 0 Å². The summed E-state index contributed by atoms with van der Waals surface area (Å²) in [6.45, 7) is -0.200. The van der Waals surface area contributed by atoms with E-state index in [1.54, 1.807) is 67.8 Å². The molecule has 1 aromatic heterocycles. The van der Waals surface area contributed by atoms with Crippen LogP contribution in [0.2, 0.25) is 0 Å². The molecule has 0 saturated carbocycles. The van der Waals surface area contributed by atoms with E-state index in [0.717, 1.165) is 26.3 Å². The SMILES string of the molecule is COc1ccc(NC(=O)COc2ccc(C3c4sc(=O)[nH]c4SC4C(=O)N(c5ccc(Br)cc5)C(=O)C43)cc2)cc1. The third-order valence-corrected chi connectivity index (χ3v) is 9.82. The number of H-pyrrole nitrogens is 1. The Labute approximate surface area is 251 Å². The average Bonchev–Trinajstić information content (AvgIpc) is 3.47. The zero-order valence-electron chi connectivity index (χ0n) is 21.5. The van der Waals surface area contributed by atoms with Gasteiger partial charge in [-0.05, 0) is 66.2 Å². The minimum absolute atomic E-state index is 0.200. The normalized spacial score (nSPS) is 19.5. The van der Waals surface area contributed by atoms with Gasteiger partial charge >= 0.3 is 4.87 Å². The van der Waals surface area contributed by atoms with Gasteiger partial charge in [-0.1, -0.05) is 51.2 Å². The summed E-state index contributed by atoms with van der Waals surface area (Å²) in [6, 6.07) is 21.0. The fourth-order valence-electron chi connectivity index (χ4n) is 5.01. The Balaban J connectivity index is 1.22. The molecule has 3 amide bonds. The minimum Gasteiger partial charge on any atom is -0.497 e. The van der Waals surface area contributed by atoms with Crippen LogP contribution in [0.1, 0.15) is 16.4 Å². The molecule has 3 unspecified atom stereocenters. The van der Waals surface area contributed by atoms with Crippen molar-refractivity contribution in [1.29, 1.82) is 0 Å². The minimum atomic E-state index is -0.683. The summed E-state index contributed by atoms with van der Waals surface area (Å²) < 4.78 is 11.6. The van der Waals surface area contributed by atoms with Crippen LogP contribution in [0.5, 0.6) is 11.5 Å². The maximum atomic E-state index is 13.8. The lowest BCUT2D eigenvalue weighted by atomic mass is 9.83. The van der Waals surface area contributed by atoms with Crippen LogP contribution in [-0.4, -0.2) is 41.7 Å². The van der Waals surface area contributed by atoms with Crippen molar-refractivity contribution in [2.45, 2.75) is 16.2 Å². The maximum Gasteiger partial charge on any atom is 0.305 e. The van der Waals surface area contributed by atoms with E-state index in [-0.39, 0.29) is 29.2 Å². The summed E-state index contributed by atoms with van der Waals surface area (Å²) in [6.07, 6.45) is 0. The highest BCUT2D eigenvalue weighted by molar-refractivity contribution is 9.10. The Morgan fingerprint density at radius 2 is 1.63 bits per heavy atom. The summed E-state index contributed by atoms with van der Waals surface area (Å²) in [5.41, 5.74) is 1.89. The van der Waals surface area contributed by atoms with E-state index in [2.05, 4.69) is 26.2 Å². The third kappa shape index (κ3) is 5.30. The number of fused-ring (bicyclic) bond motifs is 2. The number of nitrogens with one attached hydrogen (secondary N) is 2. The van der Waals surface area contributed by atoms with E-state index in [1.807, 2.05) is 12.1 Å². The van der Waals surface area contributed by atoms with Crippen molar-refractivity contribution in [3.63, 3.8) is 0 Å². The summed E-state index contributed by atoms with van der Waals surface area (Å²) in [5.74, 6) is -0.961. The number of rotatable bonds is 7. The van der Waals surface area contributed by atoms with Crippen LogP contribution < -0.4 is 24.6 Å². The topological polar surface area (TPSA) is 118 Å². The number of imide groups is 1. The van der Waals surface area contributed by atoms with Gasteiger partial charge in [0.05, 0.1) is 23.7 Å². The van der Waals surface area contributed by atoms with Crippen LogP contribution in [-0.2, 0) is 14.4 Å². The van der Waals surface area contributed by atoms with E-state index in [4.69, 9.17) is 9.47 Å². The maximum absolute atomic E-state index is 13.8. The number of nitrogens with zero attached hydrogens (tertiary/aromatic N) is 1. The quantitative estimate of drug-likeness (QED) is 0.269. The zero-order valence-corrected chi connectivity index (χ0v) is 24.7. The first-order valence-electron chi connectivity index (χ1n) is 12.5. The molecule has 2 N–H and O–H groups in total. The number of carbonyl (C=O) groups excluding carboxylic acids is 3. The van der Waals surface area contributed by atoms with Crippen molar-refractivity contribution >= 4 is 68.1 Å². The van der Waals surface area contributed by atoms with Gasteiger partial charge in [0.1, 0.15) is 16.7 Å². The largest absolute Gasteiger partial charge is 0.497 e. The van der Waals surface area contributed by atoms with Crippen LogP contribution >= 0.6 is 39.0 Å². The number of aromatic nitrogens is 1. The van der Waals surface area contributed by atoms with Crippen molar-refractivity contribution in [2.24, 2.45) is 5.92 Å². The number of thiazole rings is 1. The van der Waals surface area contributed by atoms with Crippen LogP contribution in [0.15, 0.2) is 87.1 Å². The van der Waals surface area contributed by atoms with Crippen molar-refractivity contribution in [3.05, 3.63) is 97.4 Å². The van der Waals surface area contributed by atoms with Gasteiger partial charge in [-0.25, -0.2) is 4.90 Å². The number of thioether (sulfide) groups is 1. The van der Waals surface area contributed by atoms with E-state index < -0.39 is 17.1 Å². The molecule has 0 radical (unpaired) electrons. The highest BCUT2D eigenvalue weighted by Crippen LogP contribution is 2.53. The molecule has 9 nitrogen and oxygen atoms in total. The fourth-order valence-corrected chi connectivity index (χ4v) is 7.79. The number of aromatic amines is 1. The summed E-state index contributed by atoms with van der Waals surface area (Å²) in [4.78, 5) is 56.6. The standard InChI is InChI=1S/C29H22BrN3O6S2/c1-38-19-12-6-17(7-13-19)31-21(34)14-39-20-10-2-15(3-11-20)22-23-25(40-26-24(22)41-29(37)32-26)28(36)33(27(23)35)18-8-4-16(30)5-9-18/h2-13,22-23,25H,14H2,1H3,(H,31,34)(H,32,37). The van der Waals surface area contributed by atoms with Crippen LogP contribution in [0.3, 0.4) is 0 Å². The smallest absolute Gasteiger partial charge is 0.305 e. The molecule has 3 aromatic carbocycles. The molecule has 0 spiro atoms. The monoisotopic (exact) mass is 651 g/mol. The number of ether oxygens (including phenoxy) is 2. The molecule has 1 saturated heterocycles. The van der Waals surface area contributed by atoms with Gasteiger partial charge in [-0.3, -0.25) is 19.2 Å². The highest BCUT2D eigenvalue weighted by atomic mass is 79.9. The average molecular weight is 653 g/mol. The van der Waals surface area contributed by atoms with Gasteiger partial charge < -0.3 is 19.8 Å². The lowest BCUT2D eigenvalue weighted by Crippen LogP contribution is -2.32. The molecule has 208 valence electrons. The molecule has 2 aliphatic heterocycles. The Hall–Kier alpha value is -3.87. The molecule has 3 heterocycles. The van der Waals surface area contributed by atoms with Crippen molar-refractivity contribution in [2.75, 3.05) is 23.9 Å². The highest BCUT2D eigenvalue weighted by Gasteiger charge is 2.56. The number of carbonyl (C=O) groups is 3. The number of hydrogen-bond donors (Lipinski definition) is 2. The van der Waals surface area contributed by atoms with Crippen LogP contribution in [0, 0.1) is 5.92 Å². The van der Waals surface area contributed by atoms with Crippen LogP contribution in [0.25, 0.3) is 0 Å². The second-order valence-corrected chi connectivity index (χ2v) is 12.5. The number of anilines is 2. The first kappa shape index (κ1) is 27.3. The molecule has 2 aliphatic rings. The molecule has 12 heteroatoms. The van der Waals surface area contributed by atoms with E-state index in [9.17, 15) is 19.2 Å². The third-order valence-electron chi connectivity index (χ3n) is 6.89. The number of benzene rings is 3. The molecule has 0 aliphatic carbocycles. The van der Waals surface area contributed by atoms with E-state index >= 15 is 0 Å². The summed E-state index contributed by atoms with van der Waals surface area (Å²) >= 11 is 5.68.